The van der Waals surface area contributed by atoms with Crippen molar-refractivity contribution in [1.82, 2.24) is 13.8 Å². The fraction of sp³-hybridized carbons (Fsp3) is 0.455. The second kappa shape index (κ2) is 8.00. The number of pyridine rings is 1. The van der Waals surface area contributed by atoms with Crippen LogP contribution in [0.15, 0.2) is 52.2 Å². The topological polar surface area (TPSA) is 79.7 Å². The number of carbonyl (C=O) groups is 1. The zero-order valence-corrected chi connectivity index (χ0v) is 18.1. The van der Waals surface area contributed by atoms with Crippen molar-refractivity contribution in [2.24, 2.45) is 5.92 Å². The van der Waals surface area contributed by atoms with Crippen molar-refractivity contribution in [2.75, 3.05) is 26.2 Å². The van der Waals surface area contributed by atoms with Gasteiger partial charge >= 0.3 is 0 Å². The predicted octanol–water partition coefficient (Wildman–Crippen LogP) is 2.14. The minimum absolute atomic E-state index is 0.00154. The molecule has 1 saturated heterocycles. The number of benzene rings is 1. The second-order valence-corrected chi connectivity index (χ2v) is 9.96. The largest absolute Gasteiger partial charge is 0.339 e. The van der Waals surface area contributed by atoms with Crippen LogP contribution in [0, 0.1) is 5.92 Å². The number of rotatable bonds is 5. The number of carbonyl (C=O) groups excluding carboxylic acids is 1. The van der Waals surface area contributed by atoms with Gasteiger partial charge in [0.1, 0.15) is 0 Å². The van der Waals surface area contributed by atoms with Crippen molar-refractivity contribution >= 4 is 15.9 Å². The van der Waals surface area contributed by atoms with E-state index in [1.165, 1.54) is 10.4 Å². The quantitative estimate of drug-likeness (QED) is 0.729. The Morgan fingerprint density at radius 3 is 2.53 bits per heavy atom. The molecule has 1 amide bonds. The molecule has 2 aliphatic heterocycles. The van der Waals surface area contributed by atoms with Gasteiger partial charge in [0.2, 0.25) is 10.0 Å². The van der Waals surface area contributed by atoms with E-state index in [1.54, 1.807) is 39.8 Å². The van der Waals surface area contributed by atoms with Gasteiger partial charge in [0.15, 0.2) is 0 Å². The summed E-state index contributed by atoms with van der Waals surface area (Å²) < 4.78 is 30.1. The van der Waals surface area contributed by atoms with E-state index >= 15 is 0 Å². The Bertz CT molecular complexity index is 1120. The third-order valence-corrected chi connectivity index (χ3v) is 8.04. The fourth-order valence-electron chi connectivity index (χ4n) is 4.68. The van der Waals surface area contributed by atoms with Gasteiger partial charge < -0.3 is 9.47 Å². The standard InChI is InChI=1S/C22H27N3O4S/c1-3-23(4-2)22(27)17-7-5-8-19(12-17)30(28,29)24-13-16-11-18(15-24)20-9-6-10-21(26)25(20)14-16/h5-10,12,16,18H,3-4,11,13-15H2,1-2H3. The molecule has 2 unspecified atom stereocenters. The van der Waals surface area contributed by atoms with Crippen LogP contribution in [-0.2, 0) is 16.6 Å². The zero-order chi connectivity index (χ0) is 21.5. The number of amides is 1. The molecule has 1 aromatic heterocycles. The maximum atomic E-state index is 13.4. The van der Waals surface area contributed by atoms with Crippen LogP contribution >= 0.6 is 0 Å². The summed E-state index contributed by atoms with van der Waals surface area (Å²) in [5.41, 5.74) is 1.26. The van der Waals surface area contributed by atoms with Gasteiger partial charge in [-0.15, -0.1) is 0 Å². The van der Waals surface area contributed by atoms with E-state index in [0.717, 1.165) is 12.1 Å². The lowest BCUT2D eigenvalue weighted by atomic mass is 9.84. The molecule has 7 nitrogen and oxygen atoms in total. The highest BCUT2D eigenvalue weighted by molar-refractivity contribution is 7.89. The molecule has 160 valence electrons. The molecule has 4 rings (SSSR count). The lowest BCUT2D eigenvalue weighted by Gasteiger charge is -2.42. The molecular weight excluding hydrogens is 402 g/mol. The molecule has 3 heterocycles. The van der Waals surface area contributed by atoms with E-state index in [0.29, 0.717) is 38.3 Å². The van der Waals surface area contributed by atoms with E-state index in [9.17, 15) is 18.0 Å². The molecule has 1 fully saturated rings. The maximum absolute atomic E-state index is 13.4. The lowest BCUT2D eigenvalue weighted by molar-refractivity contribution is 0.0772. The summed E-state index contributed by atoms with van der Waals surface area (Å²) in [6, 6.07) is 11.5. The van der Waals surface area contributed by atoms with Gasteiger partial charge in [-0.3, -0.25) is 9.59 Å². The first-order valence-corrected chi connectivity index (χ1v) is 11.9. The van der Waals surface area contributed by atoms with Gasteiger partial charge in [0.05, 0.1) is 4.90 Å². The Hall–Kier alpha value is -2.45. The second-order valence-electron chi connectivity index (χ2n) is 8.03. The molecule has 2 aromatic rings. The van der Waals surface area contributed by atoms with Crippen molar-refractivity contribution in [1.29, 1.82) is 0 Å². The summed E-state index contributed by atoms with van der Waals surface area (Å²) >= 11 is 0. The predicted molar refractivity (Wildman–Crippen MR) is 114 cm³/mol. The average molecular weight is 430 g/mol. The number of piperidine rings is 1. The lowest BCUT2D eigenvalue weighted by Crippen LogP contribution is -2.49. The van der Waals surface area contributed by atoms with Crippen molar-refractivity contribution < 1.29 is 13.2 Å². The third-order valence-electron chi connectivity index (χ3n) is 6.22. The average Bonchev–Trinajstić information content (AvgIpc) is 2.75. The highest BCUT2D eigenvalue weighted by Crippen LogP contribution is 2.37. The molecule has 0 spiro atoms. The van der Waals surface area contributed by atoms with Gasteiger partial charge in [-0.25, -0.2) is 8.42 Å². The molecule has 0 saturated carbocycles. The van der Waals surface area contributed by atoms with E-state index in [4.69, 9.17) is 0 Å². The summed E-state index contributed by atoms with van der Waals surface area (Å²) in [4.78, 5) is 26.7. The minimum atomic E-state index is -3.74. The molecular formula is C22H27N3O4S. The van der Waals surface area contributed by atoms with Crippen LogP contribution in [0.4, 0.5) is 0 Å². The summed E-state index contributed by atoms with van der Waals surface area (Å²) in [5, 5.41) is 0. The van der Waals surface area contributed by atoms with Crippen molar-refractivity contribution in [3.05, 3.63) is 64.1 Å². The summed E-state index contributed by atoms with van der Waals surface area (Å²) in [6.07, 6.45) is 0.885. The number of aromatic nitrogens is 1. The first kappa shape index (κ1) is 20.8. The molecule has 2 bridgehead atoms. The highest BCUT2D eigenvalue weighted by atomic mass is 32.2. The van der Waals surface area contributed by atoms with Crippen LogP contribution in [0.2, 0.25) is 0 Å². The third kappa shape index (κ3) is 3.58. The fourth-order valence-corrected chi connectivity index (χ4v) is 6.29. The number of hydrogen-bond donors (Lipinski definition) is 0. The van der Waals surface area contributed by atoms with Gasteiger partial charge in [-0.05, 0) is 50.5 Å². The van der Waals surface area contributed by atoms with Crippen LogP contribution in [0.25, 0.3) is 0 Å². The SMILES string of the molecule is CCN(CC)C(=O)c1cccc(S(=O)(=O)N2CC3CC(C2)c2cccc(=O)n2C3)c1. The van der Waals surface area contributed by atoms with Gasteiger partial charge in [0.25, 0.3) is 11.5 Å². The van der Waals surface area contributed by atoms with E-state index < -0.39 is 10.0 Å². The monoisotopic (exact) mass is 429 g/mol. The number of hydrogen-bond acceptors (Lipinski definition) is 4. The van der Waals surface area contributed by atoms with Crippen LogP contribution in [-0.4, -0.2) is 54.3 Å². The summed E-state index contributed by atoms with van der Waals surface area (Å²) in [7, 11) is -3.74. The maximum Gasteiger partial charge on any atom is 0.253 e. The minimum Gasteiger partial charge on any atom is -0.339 e. The number of nitrogens with zero attached hydrogens (tertiary/aromatic N) is 3. The van der Waals surface area contributed by atoms with E-state index in [-0.39, 0.29) is 28.2 Å². The Morgan fingerprint density at radius 1 is 1.07 bits per heavy atom. The van der Waals surface area contributed by atoms with E-state index in [2.05, 4.69) is 0 Å². The first-order chi connectivity index (χ1) is 14.3. The Morgan fingerprint density at radius 2 is 1.80 bits per heavy atom. The van der Waals surface area contributed by atoms with Crippen molar-refractivity contribution in [3.63, 3.8) is 0 Å². The molecule has 2 atom stereocenters. The molecule has 0 N–H and O–H groups in total. The van der Waals surface area contributed by atoms with Gasteiger partial charge in [-0.1, -0.05) is 12.1 Å². The van der Waals surface area contributed by atoms with Gasteiger partial charge in [0, 0.05) is 56.0 Å². The van der Waals surface area contributed by atoms with Crippen LogP contribution in [0.5, 0.6) is 0 Å². The molecule has 30 heavy (non-hydrogen) atoms. The molecule has 2 aliphatic rings. The van der Waals surface area contributed by atoms with Crippen molar-refractivity contribution in [2.45, 2.75) is 37.6 Å². The van der Waals surface area contributed by atoms with Crippen LogP contribution in [0.3, 0.4) is 0 Å². The zero-order valence-electron chi connectivity index (χ0n) is 17.3. The number of sulfonamides is 1. The van der Waals surface area contributed by atoms with E-state index in [1.807, 2.05) is 19.9 Å². The Labute approximate surface area is 177 Å². The number of fused-ring (bicyclic) bond motifs is 4. The first-order valence-electron chi connectivity index (χ1n) is 10.4. The molecule has 0 radical (unpaired) electrons. The molecule has 8 heteroatoms. The van der Waals surface area contributed by atoms with Gasteiger partial charge in [-0.2, -0.15) is 4.31 Å². The Balaban J connectivity index is 1.63. The van der Waals surface area contributed by atoms with Crippen molar-refractivity contribution in [3.8, 4) is 0 Å². The summed E-state index contributed by atoms with van der Waals surface area (Å²) in [6.45, 7) is 6.21. The van der Waals surface area contributed by atoms with Crippen LogP contribution in [0.1, 0.15) is 42.2 Å². The smallest absolute Gasteiger partial charge is 0.253 e. The Kier molecular flexibility index (Phi) is 5.55. The normalized spacial score (nSPS) is 21.1. The highest BCUT2D eigenvalue weighted by Gasteiger charge is 2.39. The summed E-state index contributed by atoms with van der Waals surface area (Å²) in [5.74, 6) is -0.0610. The molecule has 0 aliphatic carbocycles. The molecule has 1 aromatic carbocycles. The van der Waals surface area contributed by atoms with Crippen LogP contribution < -0.4 is 5.56 Å².